The summed E-state index contributed by atoms with van der Waals surface area (Å²) in [6.45, 7) is 2.45. The Morgan fingerprint density at radius 3 is 2.52 bits per heavy atom. The zero-order valence-electron chi connectivity index (χ0n) is 14.0. The molecule has 5 nitrogen and oxygen atoms in total. The molecule has 0 saturated carbocycles. The highest BCUT2D eigenvalue weighted by Gasteiger charge is 2.16. The maximum Gasteiger partial charge on any atom is 0.203 e. The molecule has 25 heavy (non-hydrogen) atoms. The first kappa shape index (κ1) is 17.6. The number of para-hydroxylation sites is 1. The fourth-order valence-corrected chi connectivity index (χ4v) is 3.37. The molecule has 2 aromatic carbocycles. The van der Waals surface area contributed by atoms with E-state index in [0.29, 0.717) is 12.1 Å². The van der Waals surface area contributed by atoms with Crippen LogP contribution in [0.25, 0.3) is 11.0 Å². The van der Waals surface area contributed by atoms with Crippen LogP contribution < -0.4 is 5.62 Å². The molecule has 1 aromatic heterocycles. The van der Waals surface area contributed by atoms with Gasteiger partial charge in [-0.25, -0.2) is 0 Å². The van der Waals surface area contributed by atoms with Crippen LogP contribution in [0.4, 0.5) is 0 Å². The molecule has 0 atom stereocenters. The molecule has 0 radical (unpaired) electrons. The highest BCUT2D eigenvalue weighted by Crippen LogP contribution is 2.20. The summed E-state index contributed by atoms with van der Waals surface area (Å²) in [6, 6.07) is 13.1. The first-order valence-corrected chi connectivity index (χ1v) is 9.01. The Labute approximate surface area is 154 Å². The summed E-state index contributed by atoms with van der Waals surface area (Å²) in [5.41, 5.74) is 3.73. The maximum absolute atomic E-state index is 12.7. The Balaban J connectivity index is 2.10. The van der Waals surface area contributed by atoms with Gasteiger partial charge < -0.3 is 14.2 Å². The SMILES string of the molecule is CCc1cccc2c1n(CCO)c(=N)n2CC(=O)c1ccc(Br)cc1. The number of fused-ring (bicyclic) bond motifs is 1. The van der Waals surface area contributed by atoms with Gasteiger partial charge in [-0.3, -0.25) is 10.2 Å². The molecule has 0 saturated heterocycles. The number of hydrogen-bond donors (Lipinski definition) is 2. The van der Waals surface area contributed by atoms with E-state index < -0.39 is 0 Å². The number of ketones is 1. The van der Waals surface area contributed by atoms with Crippen LogP contribution in [0.1, 0.15) is 22.8 Å². The number of Topliss-reactive ketones (excluding diaryl/α,β-unsaturated/α-hetero) is 1. The van der Waals surface area contributed by atoms with E-state index in [1.165, 1.54) is 0 Å². The average molecular weight is 402 g/mol. The van der Waals surface area contributed by atoms with Crippen LogP contribution in [0, 0.1) is 5.41 Å². The van der Waals surface area contributed by atoms with Crippen LogP contribution in [-0.2, 0) is 19.5 Å². The molecule has 1 heterocycles. The molecule has 3 rings (SSSR count). The number of aliphatic hydroxyl groups excluding tert-OH is 1. The van der Waals surface area contributed by atoms with Crippen LogP contribution in [0.15, 0.2) is 46.9 Å². The minimum atomic E-state index is -0.0473. The van der Waals surface area contributed by atoms with Gasteiger partial charge in [0.1, 0.15) is 0 Å². The number of carbonyl (C=O) groups excluding carboxylic acids is 1. The minimum absolute atomic E-state index is 0.0454. The highest BCUT2D eigenvalue weighted by atomic mass is 79.9. The summed E-state index contributed by atoms with van der Waals surface area (Å²) >= 11 is 3.37. The zero-order chi connectivity index (χ0) is 18.0. The van der Waals surface area contributed by atoms with Crippen LogP contribution in [-0.4, -0.2) is 26.6 Å². The van der Waals surface area contributed by atoms with Gasteiger partial charge >= 0.3 is 0 Å². The fourth-order valence-electron chi connectivity index (χ4n) is 3.11. The van der Waals surface area contributed by atoms with E-state index in [2.05, 4.69) is 22.9 Å². The lowest BCUT2D eigenvalue weighted by Crippen LogP contribution is -2.28. The number of halogens is 1. The molecule has 2 N–H and O–H groups in total. The van der Waals surface area contributed by atoms with Crippen molar-refractivity contribution >= 4 is 32.7 Å². The number of aryl methyl sites for hydroxylation is 1. The fraction of sp³-hybridized carbons (Fsp3) is 0.263. The molecule has 0 aliphatic carbocycles. The smallest absolute Gasteiger partial charge is 0.203 e. The number of benzene rings is 2. The maximum atomic E-state index is 12.7. The van der Waals surface area contributed by atoms with Crippen molar-refractivity contribution in [2.75, 3.05) is 6.61 Å². The standard InChI is InChI=1S/C19H20BrN3O2/c1-2-13-4-3-5-16-18(13)22(10-11-24)19(21)23(16)12-17(25)14-6-8-15(20)9-7-14/h3-9,21,24H,2,10-12H2,1H3. The van der Waals surface area contributed by atoms with E-state index >= 15 is 0 Å². The molecule has 0 spiro atoms. The summed E-state index contributed by atoms with van der Waals surface area (Å²) < 4.78 is 4.42. The lowest BCUT2D eigenvalue weighted by Gasteiger charge is -2.05. The Hall–Kier alpha value is -2.18. The van der Waals surface area contributed by atoms with E-state index in [1.807, 2.05) is 30.3 Å². The Morgan fingerprint density at radius 2 is 1.88 bits per heavy atom. The van der Waals surface area contributed by atoms with Crippen molar-refractivity contribution < 1.29 is 9.90 Å². The average Bonchev–Trinajstić information content (AvgIpc) is 2.88. The number of aromatic nitrogens is 2. The van der Waals surface area contributed by atoms with E-state index in [1.54, 1.807) is 21.3 Å². The molecule has 3 aromatic rings. The van der Waals surface area contributed by atoms with E-state index in [9.17, 15) is 9.90 Å². The summed E-state index contributed by atoms with van der Waals surface area (Å²) in [5, 5.41) is 17.9. The molecule has 6 heteroatoms. The number of aliphatic hydroxyl groups is 1. The molecule has 0 bridgehead atoms. The number of rotatable bonds is 6. The lowest BCUT2D eigenvalue weighted by molar-refractivity contribution is 0.0971. The molecule has 0 aliphatic heterocycles. The molecule has 0 unspecified atom stereocenters. The number of hydrogen-bond acceptors (Lipinski definition) is 3. The number of carbonyl (C=O) groups is 1. The predicted octanol–water partition coefficient (Wildman–Crippen LogP) is 3.12. The van der Waals surface area contributed by atoms with Crippen molar-refractivity contribution in [1.82, 2.24) is 9.13 Å². The first-order valence-electron chi connectivity index (χ1n) is 8.22. The second-order valence-electron chi connectivity index (χ2n) is 5.85. The van der Waals surface area contributed by atoms with Gasteiger partial charge in [0.2, 0.25) is 5.62 Å². The quantitative estimate of drug-likeness (QED) is 0.622. The summed E-state index contributed by atoms with van der Waals surface area (Å²) in [4.78, 5) is 12.7. The topological polar surface area (TPSA) is 71.0 Å². The lowest BCUT2D eigenvalue weighted by atomic mass is 10.1. The van der Waals surface area contributed by atoms with Crippen molar-refractivity contribution in [3.8, 4) is 0 Å². The third kappa shape index (κ3) is 3.32. The van der Waals surface area contributed by atoms with Gasteiger partial charge in [0, 0.05) is 16.6 Å². The Bertz CT molecular complexity index is 971. The second-order valence-corrected chi connectivity index (χ2v) is 6.77. The molecular formula is C19H20BrN3O2. The van der Waals surface area contributed by atoms with E-state index in [-0.39, 0.29) is 24.6 Å². The van der Waals surface area contributed by atoms with Crippen LogP contribution in [0.2, 0.25) is 0 Å². The van der Waals surface area contributed by atoms with Crippen molar-refractivity contribution in [3.05, 3.63) is 63.7 Å². The molecule has 130 valence electrons. The van der Waals surface area contributed by atoms with Crippen molar-refractivity contribution in [3.63, 3.8) is 0 Å². The van der Waals surface area contributed by atoms with Crippen LogP contribution in [0.5, 0.6) is 0 Å². The zero-order valence-corrected chi connectivity index (χ0v) is 15.6. The summed E-state index contributed by atoms with van der Waals surface area (Å²) in [7, 11) is 0. The van der Waals surface area contributed by atoms with Crippen LogP contribution >= 0.6 is 15.9 Å². The summed E-state index contributed by atoms with van der Waals surface area (Å²) in [5.74, 6) is -0.0454. The van der Waals surface area contributed by atoms with Gasteiger partial charge in [0.25, 0.3) is 0 Å². The monoisotopic (exact) mass is 401 g/mol. The number of imidazole rings is 1. The van der Waals surface area contributed by atoms with Gasteiger partial charge in [-0.2, -0.15) is 0 Å². The number of nitrogens with one attached hydrogen (secondary N) is 1. The van der Waals surface area contributed by atoms with Gasteiger partial charge in [-0.05, 0) is 30.2 Å². The number of nitrogens with zero attached hydrogens (tertiary/aromatic N) is 2. The van der Waals surface area contributed by atoms with E-state index in [0.717, 1.165) is 27.5 Å². The third-order valence-corrected chi connectivity index (χ3v) is 4.87. The molecule has 0 aliphatic rings. The highest BCUT2D eigenvalue weighted by molar-refractivity contribution is 9.10. The van der Waals surface area contributed by atoms with Gasteiger partial charge in [0.15, 0.2) is 5.78 Å². The van der Waals surface area contributed by atoms with Crippen molar-refractivity contribution in [2.24, 2.45) is 0 Å². The molecule has 0 amide bonds. The Morgan fingerprint density at radius 1 is 1.16 bits per heavy atom. The second kappa shape index (κ2) is 7.37. The molecular weight excluding hydrogens is 382 g/mol. The first-order chi connectivity index (χ1) is 12.1. The van der Waals surface area contributed by atoms with Crippen LogP contribution in [0.3, 0.4) is 0 Å². The minimum Gasteiger partial charge on any atom is -0.395 e. The summed E-state index contributed by atoms with van der Waals surface area (Å²) in [6.07, 6.45) is 0.826. The van der Waals surface area contributed by atoms with Crippen molar-refractivity contribution in [1.29, 1.82) is 5.41 Å². The molecule has 0 fully saturated rings. The third-order valence-electron chi connectivity index (χ3n) is 4.34. The van der Waals surface area contributed by atoms with E-state index in [4.69, 9.17) is 5.41 Å². The van der Waals surface area contributed by atoms with Gasteiger partial charge in [-0.15, -0.1) is 0 Å². The Kier molecular flexibility index (Phi) is 5.20. The largest absolute Gasteiger partial charge is 0.395 e. The van der Waals surface area contributed by atoms with Crippen molar-refractivity contribution in [2.45, 2.75) is 26.4 Å². The van der Waals surface area contributed by atoms with Gasteiger partial charge in [-0.1, -0.05) is 47.1 Å². The normalized spacial score (nSPS) is 11.2. The predicted molar refractivity (Wildman–Crippen MR) is 101 cm³/mol. The van der Waals surface area contributed by atoms with Gasteiger partial charge in [0.05, 0.1) is 24.2 Å².